The minimum atomic E-state index is -0.768. The Bertz CT molecular complexity index is 1730. The molecule has 2 aromatic carbocycles. The molecule has 0 radical (unpaired) electrons. The van der Waals surface area contributed by atoms with E-state index in [9.17, 15) is 23.6 Å². The number of carbonyl (C=O) groups excluding carboxylic acids is 1. The first-order chi connectivity index (χ1) is 17.2. The van der Waals surface area contributed by atoms with Gasteiger partial charge in [-0.05, 0) is 62.6 Å². The van der Waals surface area contributed by atoms with Gasteiger partial charge in [-0.15, -0.1) is 0 Å². The summed E-state index contributed by atoms with van der Waals surface area (Å²) in [6, 6.07) is 11.1. The van der Waals surface area contributed by atoms with Crippen molar-refractivity contribution in [2.24, 2.45) is 7.05 Å². The number of pyridine rings is 1. The second-order valence-corrected chi connectivity index (χ2v) is 9.06. The Morgan fingerprint density at radius 3 is 2.53 bits per heavy atom. The number of nitrogens with one attached hydrogen (secondary N) is 3. The van der Waals surface area contributed by atoms with Gasteiger partial charge in [-0.3, -0.25) is 28.5 Å². The SMILES string of the molecule is Cc1ccc(Nc2c3c(=O)[nH]c(=O)n(-c4cccc(C(=O)NC5CC5)c4)c3c(C)c(=O)n2C)c(F)c1. The lowest BCUT2D eigenvalue weighted by atomic mass is 10.1. The number of aromatic nitrogens is 3. The fourth-order valence-electron chi connectivity index (χ4n) is 4.26. The summed E-state index contributed by atoms with van der Waals surface area (Å²) >= 11 is 0. The number of H-pyrrole nitrogens is 1. The topological polar surface area (TPSA) is 118 Å². The standard InChI is InChI=1S/C26H24FN5O4/c1-13-7-10-19(18(27)11-13)29-22-20-21(14(2)25(35)31(22)3)32(26(36)30-24(20)34)17-6-4-5-15(12-17)23(33)28-16-8-9-16/h4-7,10-12,16,29H,8-9H2,1-3H3,(H,28,33)(H,30,34,36). The molecular weight excluding hydrogens is 465 g/mol. The summed E-state index contributed by atoms with van der Waals surface area (Å²) in [5.41, 5.74) is -0.340. The molecule has 1 fully saturated rings. The van der Waals surface area contributed by atoms with E-state index in [0.717, 1.165) is 12.8 Å². The van der Waals surface area contributed by atoms with E-state index in [-0.39, 0.29) is 39.9 Å². The Kier molecular flexibility index (Phi) is 5.58. The minimum Gasteiger partial charge on any atom is -0.349 e. The Labute approximate surface area is 204 Å². The quantitative estimate of drug-likeness (QED) is 0.399. The summed E-state index contributed by atoms with van der Waals surface area (Å²) in [5, 5.41) is 5.77. The molecule has 10 heteroatoms. The molecule has 0 aliphatic heterocycles. The van der Waals surface area contributed by atoms with Crippen LogP contribution in [0.1, 0.15) is 34.3 Å². The van der Waals surface area contributed by atoms with E-state index in [2.05, 4.69) is 15.6 Å². The molecule has 3 N–H and O–H groups in total. The van der Waals surface area contributed by atoms with Crippen LogP contribution >= 0.6 is 0 Å². The minimum absolute atomic E-state index is 0.00186. The highest BCUT2D eigenvalue weighted by molar-refractivity contribution is 5.96. The van der Waals surface area contributed by atoms with Crippen LogP contribution in [0.15, 0.2) is 56.8 Å². The molecule has 1 aliphatic rings. The molecule has 0 unspecified atom stereocenters. The average Bonchev–Trinajstić information content (AvgIpc) is 3.65. The number of rotatable bonds is 5. The summed E-state index contributed by atoms with van der Waals surface area (Å²) in [7, 11) is 1.46. The van der Waals surface area contributed by atoms with Gasteiger partial charge in [0, 0.05) is 24.2 Å². The van der Waals surface area contributed by atoms with E-state index in [1.165, 1.54) is 41.3 Å². The molecule has 1 aliphatic carbocycles. The van der Waals surface area contributed by atoms with Gasteiger partial charge in [-0.1, -0.05) is 12.1 Å². The number of amides is 1. The number of aromatic amines is 1. The maximum atomic E-state index is 14.6. The van der Waals surface area contributed by atoms with Crippen molar-refractivity contribution in [2.45, 2.75) is 32.7 Å². The first-order valence-corrected chi connectivity index (χ1v) is 11.5. The summed E-state index contributed by atoms with van der Waals surface area (Å²) in [6.07, 6.45) is 1.85. The van der Waals surface area contributed by atoms with Gasteiger partial charge >= 0.3 is 5.69 Å². The number of benzene rings is 2. The van der Waals surface area contributed by atoms with E-state index in [4.69, 9.17) is 0 Å². The van der Waals surface area contributed by atoms with Gasteiger partial charge in [0.05, 0.1) is 16.9 Å². The molecule has 0 atom stereocenters. The molecule has 2 heterocycles. The van der Waals surface area contributed by atoms with Crippen LogP contribution in [0, 0.1) is 19.7 Å². The Morgan fingerprint density at radius 1 is 1.08 bits per heavy atom. The van der Waals surface area contributed by atoms with E-state index < -0.39 is 22.6 Å². The predicted octanol–water partition coefficient (Wildman–Crippen LogP) is 2.77. The van der Waals surface area contributed by atoms with Crippen molar-refractivity contribution < 1.29 is 9.18 Å². The molecule has 36 heavy (non-hydrogen) atoms. The van der Waals surface area contributed by atoms with Crippen molar-refractivity contribution in [1.82, 2.24) is 19.4 Å². The zero-order valence-electron chi connectivity index (χ0n) is 19.9. The summed E-state index contributed by atoms with van der Waals surface area (Å²) < 4.78 is 17.0. The lowest BCUT2D eigenvalue weighted by molar-refractivity contribution is 0.0951. The highest BCUT2D eigenvalue weighted by Gasteiger charge is 2.25. The van der Waals surface area contributed by atoms with Crippen molar-refractivity contribution in [2.75, 3.05) is 5.32 Å². The number of halogens is 1. The lowest BCUT2D eigenvalue weighted by Crippen LogP contribution is -2.34. The molecule has 1 saturated carbocycles. The van der Waals surface area contributed by atoms with Crippen LogP contribution in [-0.2, 0) is 7.05 Å². The van der Waals surface area contributed by atoms with Crippen LogP contribution < -0.4 is 27.4 Å². The first kappa shape index (κ1) is 23.3. The second kappa shape index (κ2) is 8.63. The van der Waals surface area contributed by atoms with Gasteiger partial charge in [0.2, 0.25) is 0 Å². The second-order valence-electron chi connectivity index (χ2n) is 9.06. The maximum Gasteiger partial charge on any atom is 0.333 e. The largest absolute Gasteiger partial charge is 0.349 e. The van der Waals surface area contributed by atoms with Crippen LogP contribution in [-0.4, -0.2) is 26.1 Å². The normalized spacial score (nSPS) is 13.1. The first-order valence-electron chi connectivity index (χ1n) is 11.5. The van der Waals surface area contributed by atoms with Crippen LogP contribution in [0.4, 0.5) is 15.9 Å². The molecule has 1 amide bonds. The number of anilines is 2. The molecule has 9 nitrogen and oxygen atoms in total. The Balaban J connectivity index is 1.77. The number of aryl methyl sites for hydroxylation is 2. The molecule has 0 bridgehead atoms. The van der Waals surface area contributed by atoms with Crippen molar-refractivity contribution in [1.29, 1.82) is 0 Å². The number of hydrogen-bond acceptors (Lipinski definition) is 5. The zero-order valence-corrected chi connectivity index (χ0v) is 19.9. The molecule has 184 valence electrons. The summed E-state index contributed by atoms with van der Waals surface area (Å²) in [4.78, 5) is 54.2. The van der Waals surface area contributed by atoms with Crippen LogP contribution in [0.25, 0.3) is 16.6 Å². The average molecular weight is 490 g/mol. The van der Waals surface area contributed by atoms with Gasteiger partial charge < -0.3 is 10.6 Å². The van der Waals surface area contributed by atoms with E-state index in [1.54, 1.807) is 31.2 Å². The number of nitrogens with zero attached hydrogens (tertiary/aromatic N) is 2. The molecule has 0 spiro atoms. The van der Waals surface area contributed by atoms with Crippen LogP contribution in [0.5, 0.6) is 0 Å². The van der Waals surface area contributed by atoms with E-state index in [0.29, 0.717) is 16.8 Å². The van der Waals surface area contributed by atoms with E-state index in [1.807, 2.05) is 0 Å². The van der Waals surface area contributed by atoms with Crippen LogP contribution in [0.3, 0.4) is 0 Å². The van der Waals surface area contributed by atoms with Crippen molar-refractivity contribution in [3.63, 3.8) is 0 Å². The highest BCUT2D eigenvalue weighted by atomic mass is 19.1. The van der Waals surface area contributed by atoms with Gasteiger partial charge in [-0.2, -0.15) is 0 Å². The van der Waals surface area contributed by atoms with Gasteiger partial charge in [0.1, 0.15) is 17.0 Å². The smallest absolute Gasteiger partial charge is 0.333 e. The van der Waals surface area contributed by atoms with Crippen molar-refractivity contribution in [3.8, 4) is 5.69 Å². The van der Waals surface area contributed by atoms with Crippen molar-refractivity contribution >= 4 is 28.3 Å². The Morgan fingerprint density at radius 2 is 1.83 bits per heavy atom. The molecule has 5 rings (SSSR count). The lowest BCUT2D eigenvalue weighted by Gasteiger charge is -2.19. The Hall–Kier alpha value is -4.47. The monoisotopic (exact) mass is 489 g/mol. The number of hydrogen-bond donors (Lipinski definition) is 3. The van der Waals surface area contributed by atoms with Crippen molar-refractivity contribution in [3.05, 3.63) is 96.2 Å². The predicted molar refractivity (Wildman–Crippen MR) is 135 cm³/mol. The number of carbonyl (C=O) groups is 1. The highest BCUT2D eigenvalue weighted by Crippen LogP contribution is 2.27. The third-order valence-corrected chi connectivity index (χ3v) is 6.32. The van der Waals surface area contributed by atoms with Gasteiger partial charge in [-0.25, -0.2) is 9.18 Å². The van der Waals surface area contributed by atoms with Gasteiger partial charge in [0.15, 0.2) is 0 Å². The van der Waals surface area contributed by atoms with Crippen LogP contribution in [0.2, 0.25) is 0 Å². The fraction of sp³-hybridized carbons (Fsp3) is 0.231. The fourth-order valence-corrected chi connectivity index (χ4v) is 4.26. The summed E-state index contributed by atoms with van der Waals surface area (Å²) in [5.74, 6) is -0.803. The molecule has 4 aromatic rings. The third-order valence-electron chi connectivity index (χ3n) is 6.32. The molecule has 0 saturated heterocycles. The summed E-state index contributed by atoms with van der Waals surface area (Å²) in [6.45, 7) is 3.26. The zero-order chi connectivity index (χ0) is 25.7. The molecular formula is C26H24FN5O4. The van der Waals surface area contributed by atoms with Gasteiger partial charge in [0.25, 0.3) is 17.0 Å². The molecule has 2 aromatic heterocycles. The maximum absolute atomic E-state index is 14.6. The third kappa shape index (κ3) is 4.00. The van der Waals surface area contributed by atoms with E-state index >= 15 is 0 Å². The number of fused-ring (bicyclic) bond motifs is 1.